The van der Waals surface area contributed by atoms with Crippen molar-refractivity contribution < 1.29 is 31.8 Å². The first kappa shape index (κ1) is 70.0. The van der Waals surface area contributed by atoms with Crippen molar-refractivity contribution in [1.29, 1.82) is 0 Å². The third kappa shape index (κ3) is 15.2. The highest BCUT2D eigenvalue weighted by molar-refractivity contribution is 14.1. The topological polar surface area (TPSA) is 288 Å². The standard InChI is InChI=1S/C23H16F2IN5O2.C17H19FN4O.C10H11IN4O.C10H12N4O.C7H7IN4/c1-11(31-23-18(21(26)30-31)22(27-2)28-10-29-23)20-16(12-5-3-6-13(24)9-12)19(32)17-14(25)7-4-8-15(17)33-20;1-10(2)23-14-6-5-11(7-12(14)18)16-15-13(8-19-16)20-9-21-17(15)22(3)4;11-9-8-7(5-12-9)13-6-14-10(8)15-1-3-16-4-2-15;1-3-15-4-2-14(1)10-8-5-11-6-9(8)12-7-13-10;1-9-7-5-4(11-3-12-7)2-10-6(5)8/h3-11H,1-2H3,(H,27,28,29);5-7,9-10H,8H2,1-4H3;6H,1-5H2;5,7H,1-4,6H2;3H,2H2,1H3,(H,9,11,12). The molecule has 13 heterocycles. The molecule has 2 N–H and O–H groups in total. The molecule has 2 fully saturated rings. The number of aliphatic imine (C=N–C) groups is 4. The monoisotopic (exact) mass is 1680 g/mol. The summed E-state index contributed by atoms with van der Waals surface area (Å²) in [7, 11) is 7.43. The van der Waals surface area contributed by atoms with E-state index in [2.05, 4.69) is 163 Å². The van der Waals surface area contributed by atoms with Crippen molar-refractivity contribution in [3.8, 4) is 16.9 Å². The van der Waals surface area contributed by atoms with Gasteiger partial charge in [0, 0.05) is 66.1 Å². The summed E-state index contributed by atoms with van der Waals surface area (Å²) in [5, 5.41) is 11.2. The van der Waals surface area contributed by atoms with Crippen molar-refractivity contribution >= 4 is 138 Å². The van der Waals surface area contributed by atoms with Crippen LogP contribution in [0.2, 0.25) is 0 Å². The largest absolute Gasteiger partial charge is 0.488 e. The first-order chi connectivity index (χ1) is 48.0. The SMILES string of the molecule is C1=NCc2ncnc(N3CCOCC3)c21.CC(C)Oc1ccc(C2=NCc3ncnc(N(C)C)c32)cc1F.CNc1ncnc2c1C(I)=NC2.CNc1ncnc2c1c(I)nn2C(C)c1oc2cccc(F)c2c(=O)c1-c1cccc(F)c1.IC1=NCc2ncnc(N3CCOCC3)c21. The van der Waals surface area contributed by atoms with Crippen LogP contribution in [0.5, 0.6) is 5.75 Å². The molecule has 0 aliphatic carbocycles. The first-order valence-corrected chi connectivity index (χ1v) is 34.6. The van der Waals surface area contributed by atoms with E-state index in [0.717, 1.165) is 134 Å². The van der Waals surface area contributed by atoms with Crippen LogP contribution in [0.4, 0.5) is 42.3 Å². The van der Waals surface area contributed by atoms with Gasteiger partial charge < -0.3 is 44.0 Å². The zero-order valence-corrected chi connectivity index (χ0v) is 61.2. The molecule has 0 radical (unpaired) electrons. The van der Waals surface area contributed by atoms with Gasteiger partial charge >= 0.3 is 0 Å². The van der Waals surface area contributed by atoms with Crippen LogP contribution in [0.25, 0.3) is 33.1 Å². The number of fused-ring (bicyclic) bond motifs is 6. The number of hydrogen-bond donors (Lipinski definition) is 2. The lowest BCUT2D eigenvalue weighted by molar-refractivity contribution is 0.122. The summed E-state index contributed by atoms with van der Waals surface area (Å²) >= 11 is 6.55. The number of rotatable bonds is 11. The fourth-order valence-corrected chi connectivity index (χ4v) is 13.8. The van der Waals surface area contributed by atoms with Crippen molar-refractivity contribution in [2.45, 2.75) is 59.1 Å². The fraction of sp³-hybridized carbons (Fsp3) is 0.313. The molecule has 99 heavy (non-hydrogen) atoms. The van der Waals surface area contributed by atoms with Gasteiger partial charge in [0.15, 0.2) is 17.2 Å². The molecular formula is C67H65F3I3N21O5. The molecule has 6 aliphatic rings. The van der Waals surface area contributed by atoms with E-state index in [1.807, 2.05) is 52.2 Å². The fourth-order valence-electron chi connectivity index (χ4n) is 11.6. The van der Waals surface area contributed by atoms with Gasteiger partial charge in [-0.15, -0.1) is 0 Å². The lowest BCUT2D eigenvalue weighted by Gasteiger charge is -2.28. The van der Waals surface area contributed by atoms with E-state index < -0.39 is 28.9 Å². The number of halogens is 6. The molecule has 10 aromatic rings. The van der Waals surface area contributed by atoms with E-state index in [1.54, 1.807) is 49.8 Å². The van der Waals surface area contributed by atoms with Gasteiger partial charge in [0.25, 0.3) is 0 Å². The summed E-state index contributed by atoms with van der Waals surface area (Å²) in [4.78, 5) is 80.0. The second-order valence-corrected chi connectivity index (χ2v) is 26.1. The number of nitrogens with one attached hydrogen (secondary N) is 2. The van der Waals surface area contributed by atoms with E-state index in [1.165, 1.54) is 55.1 Å². The number of hydrogen-bond acceptors (Lipinski definition) is 25. The normalized spacial score (nSPS) is 14.9. The van der Waals surface area contributed by atoms with Crippen LogP contribution >= 0.6 is 67.8 Å². The van der Waals surface area contributed by atoms with Crippen LogP contribution in [0, 0.1) is 21.2 Å². The molecule has 0 spiro atoms. The van der Waals surface area contributed by atoms with Gasteiger partial charge in [-0.1, -0.05) is 18.2 Å². The predicted octanol–water partition coefficient (Wildman–Crippen LogP) is 10.4. The maximum absolute atomic E-state index is 14.6. The molecule has 1 unspecified atom stereocenters. The molecule has 7 aromatic heterocycles. The molecule has 1 atom stereocenters. The number of aromatic nitrogens is 12. The molecule has 0 bridgehead atoms. The van der Waals surface area contributed by atoms with Gasteiger partial charge in [-0.3, -0.25) is 24.8 Å². The molecular weight excluding hydrogens is 1620 g/mol. The third-order valence-electron chi connectivity index (χ3n) is 16.2. The van der Waals surface area contributed by atoms with Gasteiger partial charge in [0.1, 0.15) is 106 Å². The molecule has 0 amide bonds. The Morgan fingerprint density at radius 2 is 1.20 bits per heavy atom. The van der Waals surface area contributed by atoms with Crippen LogP contribution in [0.15, 0.2) is 121 Å². The lowest BCUT2D eigenvalue weighted by atomic mass is 9.99. The summed E-state index contributed by atoms with van der Waals surface area (Å²) in [5.74, 6) is 3.12. The summed E-state index contributed by atoms with van der Waals surface area (Å²) in [5.41, 5.74) is 9.89. The van der Waals surface area contributed by atoms with E-state index in [-0.39, 0.29) is 39.7 Å². The molecule has 26 nitrogen and oxygen atoms in total. The Morgan fingerprint density at radius 1 is 0.596 bits per heavy atom. The van der Waals surface area contributed by atoms with Crippen molar-refractivity contribution in [2.75, 3.05) is 106 Å². The molecule has 0 saturated carbocycles. The summed E-state index contributed by atoms with van der Waals surface area (Å²) < 4.78 is 69.5. The van der Waals surface area contributed by atoms with Crippen LogP contribution in [-0.2, 0) is 35.7 Å². The van der Waals surface area contributed by atoms with Crippen LogP contribution in [0.3, 0.4) is 0 Å². The van der Waals surface area contributed by atoms with Crippen molar-refractivity contribution in [3.05, 3.63) is 180 Å². The Bertz CT molecular complexity index is 4850. The van der Waals surface area contributed by atoms with Crippen LogP contribution in [-0.4, -0.2) is 166 Å². The molecule has 2 saturated heterocycles. The Morgan fingerprint density at radius 3 is 1.88 bits per heavy atom. The minimum absolute atomic E-state index is 0.0705. The Hall–Kier alpha value is -8.88. The molecule has 3 aromatic carbocycles. The zero-order valence-electron chi connectivity index (χ0n) is 54.7. The van der Waals surface area contributed by atoms with Gasteiger partial charge in [0.2, 0.25) is 5.43 Å². The first-order valence-electron chi connectivity index (χ1n) is 31.4. The van der Waals surface area contributed by atoms with Gasteiger partial charge in [0.05, 0.1) is 120 Å². The Kier molecular flexibility index (Phi) is 22.3. The van der Waals surface area contributed by atoms with Crippen molar-refractivity contribution in [1.82, 2.24) is 59.6 Å². The van der Waals surface area contributed by atoms with Crippen molar-refractivity contribution in [2.24, 2.45) is 20.0 Å². The number of anilines is 5. The van der Waals surface area contributed by atoms with Gasteiger partial charge in [-0.05, 0) is 137 Å². The summed E-state index contributed by atoms with van der Waals surface area (Å²) in [6.45, 7) is 14.8. The maximum atomic E-state index is 14.6. The third-order valence-corrected chi connectivity index (χ3v) is 18.7. The molecule has 32 heteroatoms. The van der Waals surface area contributed by atoms with Crippen molar-refractivity contribution in [3.63, 3.8) is 0 Å². The average Bonchev–Trinajstić information content (AvgIpc) is 1.73. The Balaban J connectivity index is 0.000000123. The number of ether oxygens (including phenoxy) is 3. The number of nitrogens with zero attached hydrogens (tertiary/aromatic N) is 19. The summed E-state index contributed by atoms with van der Waals surface area (Å²) in [6, 6.07) is 14.0. The van der Waals surface area contributed by atoms with E-state index in [0.29, 0.717) is 52.3 Å². The second kappa shape index (κ2) is 31.5. The highest BCUT2D eigenvalue weighted by atomic mass is 127. The smallest absolute Gasteiger partial charge is 0.203 e. The average molecular weight is 1680 g/mol. The highest BCUT2D eigenvalue weighted by Gasteiger charge is 2.30. The highest BCUT2D eigenvalue weighted by Crippen LogP contribution is 2.37. The predicted molar refractivity (Wildman–Crippen MR) is 399 cm³/mol. The lowest BCUT2D eigenvalue weighted by Crippen LogP contribution is -2.37. The van der Waals surface area contributed by atoms with E-state index >= 15 is 0 Å². The molecule has 16 rings (SSSR count). The second-order valence-electron chi connectivity index (χ2n) is 23.0. The zero-order chi connectivity index (χ0) is 69.4. The van der Waals surface area contributed by atoms with E-state index in [4.69, 9.17) is 18.6 Å². The summed E-state index contributed by atoms with van der Waals surface area (Å²) in [6.07, 6.45) is 9.57. The molecule has 510 valence electrons. The quantitative estimate of drug-likeness (QED) is 0.114. The minimum atomic E-state index is -0.705. The van der Waals surface area contributed by atoms with Crippen LogP contribution < -0.4 is 35.5 Å². The van der Waals surface area contributed by atoms with E-state index in [9.17, 15) is 18.0 Å². The number of morpholine rings is 2. The maximum Gasteiger partial charge on any atom is 0.203 e. The Labute approximate surface area is 607 Å². The number of benzene rings is 3. The van der Waals surface area contributed by atoms with Gasteiger partial charge in [-0.25, -0.2) is 67.7 Å². The minimum Gasteiger partial charge on any atom is -0.488 e. The molecule has 6 aliphatic heterocycles. The van der Waals surface area contributed by atoms with Gasteiger partial charge in [-0.2, -0.15) is 5.10 Å². The van der Waals surface area contributed by atoms with Crippen LogP contribution in [0.1, 0.15) is 83.2 Å².